The van der Waals surface area contributed by atoms with Gasteiger partial charge in [-0.25, -0.2) is 4.57 Å². The molecule has 0 aliphatic rings. The Balaban J connectivity index is 3.96. The zero-order valence-corrected chi connectivity index (χ0v) is 47.2. The van der Waals surface area contributed by atoms with Crippen LogP contribution >= 0.6 is 7.82 Å². The fraction of sp³-hybridized carbons (Fsp3) is 0.651. The summed E-state index contributed by atoms with van der Waals surface area (Å²) in [5, 5.41) is 0. The Labute approximate surface area is 447 Å². The van der Waals surface area contributed by atoms with E-state index in [1.807, 2.05) is 0 Å². The van der Waals surface area contributed by atoms with Crippen LogP contribution in [0.4, 0.5) is 0 Å². The van der Waals surface area contributed by atoms with Crippen LogP contribution in [-0.2, 0) is 32.7 Å². The van der Waals surface area contributed by atoms with Crippen molar-refractivity contribution in [2.45, 2.75) is 238 Å². The molecule has 3 N–H and O–H groups in total. The second-order valence-electron chi connectivity index (χ2n) is 18.7. The third kappa shape index (κ3) is 57.5. The molecule has 0 heterocycles. The molecule has 2 unspecified atom stereocenters. The summed E-state index contributed by atoms with van der Waals surface area (Å²) in [6, 6.07) is 0. The van der Waals surface area contributed by atoms with Gasteiger partial charge < -0.3 is 20.1 Å². The second-order valence-corrected chi connectivity index (χ2v) is 20.2. The van der Waals surface area contributed by atoms with Gasteiger partial charge in [-0.15, -0.1) is 0 Å². The molecule has 0 saturated carbocycles. The van der Waals surface area contributed by atoms with Crippen LogP contribution in [0.25, 0.3) is 0 Å². The predicted octanol–water partition coefficient (Wildman–Crippen LogP) is 18.4. The van der Waals surface area contributed by atoms with Crippen molar-refractivity contribution in [3.05, 3.63) is 122 Å². The van der Waals surface area contributed by atoms with Crippen LogP contribution in [0.15, 0.2) is 122 Å². The molecular formula is C63H106NO8P. The highest BCUT2D eigenvalue weighted by Gasteiger charge is 2.26. The first kappa shape index (κ1) is 69.4. The summed E-state index contributed by atoms with van der Waals surface area (Å²) in [6.45, 7) is 3.50. The maximum atomic E-state index is 12.7. The van der Waals surface area contributed by atoms with Crippen molar-refractivity contribution < 1.29 is 37.6 Å². The molecule has 416 valence electrons. The van der Waals surface area contributed by atoms with Crippen LogP contribution in [0.5, 0.6) is 0 Å². The van der Waals surface area contributed by atoms with Crippen molar-refractivity contribution in [2.75, 3.05) is 26.4 Å². The Morgan fingerprint density at radius 1 is 0.411 bits per heavy atom. The number of allylic oxidation sites excluding steroid dienone is 20. The minimum atomic E-state index is -4.40. The van der Waals surface area contributed by atoms with Crippen LogP contribution in [0.3, 0.4) is 0 Å². The van der Waals surface area contributed by atoms with Crippen LogP contribution in [-0.4, -0.2) is 49.3 Å². The monoisotopic (exact) mass is 1040 g/mol. The van der Waals surface area contributed by atoms with E-state index >= 15 is 0 Å². The van der Waals surface area contributed by atoms with E-state index in [2.05, 4.69) is 135 Å². The van der Waals surface area contributed by atoms with E-state index in [0.29, 0.717) is 6.42 Å². The van der Waals surface area contributed by atoms with Gasteiger partial charge >= 0.3 is 19.8 Å². The van der Waals surface area contributed by atoms with Crippen molar-refractivity contribution in [2.24, 2.45) is 5.73 Å². The molecule has 0 aliphatic carbocycles. The number of unbranched alkanes of at least 4 members (excludes halogenated alkanes) is 20. The average Bonchev–Trinajstić information content (AvgIpc) is 3.38. The van der Waals surface area contributed by atoms with Crippen molar-refractivity contribution >= 4 is 19.8 Å². The maximum absolute atomic E-state index is 12.7. The number of phosphoric ester groups is 1. The first-order chi connectivity index (χ1) is 35.8. The average molecular weight is 1040 g/mol. The Morgan fingerprint density at radius 3 is 1.05 bits per heavy atom. The van der Waals surface area contributed by atoms with Crippen molar-refractivity contribution in [1.29, 1.82) is 0 Å². The van der Waals surface area contributed by atoms with E-state index in [1.165, 1.54) is 83.5 Å². The fourth-order valence-corrected chi connectivity index (χ4v) is 8.40. The van der Waals surface area contributed by atoms with Crippen LogP contribution in [0, 0.1) is 0 Å². The van der Waals surface area contributed by atoms with Crippen molar-refractivity contribution in [3.8, 4) is 0 Å². The van der Waals surface area contributed by atoms with E-state index in [1.54, 1.807) is 0 Å². The molecule has 0 rings (SSSR count). The largest absolute Gasteiger partial charge is 0.472 e. The van der Waals surface area contributed by atoms with Gasteiger partial charge in [0.05, 0.1) is 13.2 Å². The maximum Gasteiger partial charge on any atom is 0.472 e. The van der Waals surface area contributed by atoms with Crippen molar-refractivity contribution in [3.63, 3.8) is 0 Å². The van der Waals surface area contributed by atoms with Gasteiger partial charge in [0.25, 0.3) is 0 Å². The lowest BCUT2D eigenvalue weighted by molar-refractivity contribution is -0.161. The number of carbonyl (C=O) groups excluding carboxylic acids is 2. The van der Waals surface area contributed by atoms with E-state index in [4.69, 9.17) is 24.3 Å². The highest BCUT2D eigenvalue weighted by atomic mass is 31.2. The molecule has 0 bridgehead atoms. The second kappa shape index (κ2) is 57.7. The van der Waals surface area contributed by atoms with E-state index in [-0.39, 0.29) is 32.6 Å². The Hall–Kier alpha value is -3.59. The van der Waals surface area contributed by atoms with Gasteiger partial charge in [-0.3, -0.25) is 18.6 Å². The van der Waals surface area contributed by atoms with Gasteiger partial charge in [0, 0.05) is 19.4 Å². The minimum Gasteiger partial charge on any atom is -0.462 e. The molecular weight excluding hydrogens is 930 g/mol. The molecule has 0 aromatic heterocycles. The Morgan fingerprint density at radius 2 is 0.712 bits per heavy atom. The zero-order chi connectivity index (χ0) is 53.1. The van der Waals surface area contributed by atoms with E-state index in [0.717, 1.165) is 116 Å². The molecule has 0 aliphatic heterocycles. The summed E-state index contributed by atoms with van der Waals surface area (Å²) in [5.41, 5.74) is 5.38. The lowest BCUT2D eigenvalue weighted by Gasteiger charge is -2.19. The summed E-state index contributed by atoms with van der Waals surface area (Å²) in [6.07, 6.45) is 79.7. The summed E-state index contributed by atoms with van der Waals surface area (Å²) in [5.74, 6) is -0.845. The molecule has 73 heavy (non-hydrogen) atoms. The van der Waals surface area contributed by atoms with Crippen LogP contribution in [0.1, 0.15) is 232 Å². The number of phosphoric acid groups is 1. The van der Waals surface area contributed by atoms with Gasteiger partial charge in [0.1, 0.15) is 6.61 Å². The zero-order valence-electron chi connectivity index (χ0n) is 46.3. The topological polar surface area (TPSA) is 134 Å². The van der Waals surface area contributed by atoms with Crippen molar-refractivity contribution in [1.82, 2.24) is 0 Å². The SMILES string of the molecule is CC/C=C\C/C=C\C/C=C\C/C=C\C/C=C\C/C=C\C/C=C\CCCCCCCCCCCCCCCC(=O)OC(COC(=O)CCCCCCCCC/C=C\C/C=C\C/C=C\CC)COP(=O)(O)OCCN. The molecule has 2 atom stereocenters. The predicted molar refractivity (Wildman–Crippen MR) is 311 cm³/mol. The Kier molecular flexibility index (Phi) is 54.8. The Bertz CT molecular complexity index is 1600. The number of carbonyl (C=O) groups is 2. The van der Waals surface area contributed by atoms with Gasteiger partial charge in [0.2, 0.25) is 0 Å². The van der Waals surface area contributed by atoms with Crippen LogP contribution in [0.2, 0.25) is 0 Å². The van der Waals surface area contributed by atoms with Crippen LogP contribution < -0.4 is 5.73 Å². The van der Waals surface area contributed by atoms with Gasteiger partial charge in [-0.05, 0) is 103 Å². The number of rotatable bonds is 53. The quantitative estimate of drug-likeness (QED) is 0.0264. The van der Waals surface area contributed by atoms with Gasteiger partial charge in [0.15, 0.2) is 6.10 Å². The molecule has 9 nitrogen and oxygen atoms in total. The van der Waals surface area contributed by atoms with Gasteiger partial charge in [-0.1, -0.05) is 238 Å². The summed E-state index contributed by atoms with van der Waals surface area (Å²) < 4.78 is 33.0. The first-order valence-corrected chi connectivity index (χ1v) is 30.5. The lowest BCUT2D eigenvalue weighted by atomic mass is 10.0. The number of ether oxygens (including phenoxy) is 2. The number of hydrogen-bond acceptors (Lipinski definition) is 8. The van der Waals surface area contributed by atoms with E-state index < -0.39 is 32.5 Å². The third-order valence-corrected chi connectivity index (χ3v) is 12.8. The smallest absolute Gasteiger partial charge is 0.462 e. The standard InChI is InChI=1S/C63H106NO8P/c1-3-5-7-9-11-13-15-17-19-21-22-23-24-25-26-27-28-29-30-31-32-33-34-35-36-37-38-40-42-44-46-48-50-52-54-56-63(66)72-61(60-71-73(67,68)70-58-57-64)59-69-62(65)55-53-51-49-47-45-43-41-39-20-18-16-14-12-10-8-6-4-2/h5-8,11-14,17-20,22-23,25-26,28-29,31-32,61H,3-4,9-10,15-16,21,24,27,30,33-60,64H2,1-2H3,(H,67,68)/b7-5-,8-6-,13-11-,14-12-,19-17-,20-18-,23-22-,26-25-,29-28-,32-31-. The summed E-state index contributed by atoms with van der Waals surface area (Å²) in [7, 11) is -4.40. The molecule has 0 aromatic carbocycles. The molecule has 0 spiro atoms. The third-order valence-electron chi connectivity index (χ3n) is 11.8. The molecule has 0 amide bonds. The fourth-order valence-electron chi connectivity index (χ4n) is 7.63. The normalized spacial score (nSPS) is 14.0. The minimum absolute atomic E-state index is 0.0465. The summed E-state index contributed by atoms with van der Waals surface area (Å²) >= 11 is 0. The molecule has 0 aromatic rings. The first-order valence-electron chi connectivity index (χ1n) is 29.0. The molecule has 0 radical (unpaired) electrons. The number of hydrogen-bond donors (Lipinski definition) is 2. The highest BCUT2D eigenvalue weighted by molar-refractivity contribution is 7.47. The van der Waals surface area contributed by atoms with Gasteiger partial charge in [-0.2, -0.15) is 0 Å². The summed E-state index contributed by atoms with van der Waals surface area (Å²) in [4.78, 5) is 35.2. The molecule has 0 saturated heterocycles. The number of esters is 2. The molecule has 0 fully saturated rings. The molecule has 10 heteroatoms. The lowest BCUT2D eigenvalue weighted by Crippen LogP contribution is -2.29. The highest BCUT2D eigenvalue weighted by Crippen LogP contribution is 2.43. The number of nitrogens with two attached hydrogens (primary N) is 1. The van der Waals surface area contributed by atoms with E-state index in [9.17, 15) is 19.0 Å².